The molecule has 0 aliphatic carbocycles. The molecule has 0 saturated heterocycles. The van der Waals surface area contributed by atoms with E-state index < -0.39 is 17.5 Å². The monoisotopic (exact) mass is 424 g/mol. The molecule has 1 aromatic heterocycles. The number of nitrogens with zero attached hydrogens (tertiary/aromatic N) is 1. The Morgan fingerprint density at radius 2 is 1.68 bits per heavy atom. The predicted molar refractivity (Wildman–Crippen MR) is 115 cm³/mol. The Hall–Kier alpha value is -3.41. The van der Waals surface area contributed by atoms with E-state index in [0.717, 1.165) is 28.5 Å². The third-order valence-electron chi connectivity index (χ3n) is 5.28. The minimum atomic E-state index is -1.47. The summed E-state index contributed by atoms with van der Waals surface area (Å²) in [6.07, 6.45) is 2.58. The summed E-state index contributed by atoms with van der Waals surface area (Å²) in [7, 11) is 0. The second-order valence-corrected chi connectivity index (χ2v) is 7.44. The summed E-state index contributed by atoms with van der Waals surface area (Å²) in [6.45, 7) is 2.26. The molecule has 0 aliphatic rings. The molecule has 0 atom stereocenters. The summed E-state index contributed by atoms with van der Waals surface area (Å²) in [6, 6.07) is 15.3. The molecule has 3 aromatic carbocycles. The first-order chi connectivity index (χ1) is 14.9. The Labute approximate surface area is 177 Å². The fraction of sp³-hybridized carbons (Fsp3) is 0.160. The van der Waals surface area contributed by atoms with Gasteiger partial charge in [-0.3, -0.25) is 4.99 Å². The van der Waals surface area contributed by atoms with Gasteiger partial charge in [-0.15, -0.1) is 0 Å². The van der Waals surface area contributed by atoms with Crippen LogP contribution in [0.2, 0.25) is 0 Å². The zero-order valence-corrected chi connectivity index (χ0v) is 16.9. The highest BCUT2D eigenvalue weighted by Crippen LogP contribution is 2.26. The smallest absolute Gasteiger partial charge is 0.195 e. The van der Waals surface area contributed by atoms with Crippen LogP contribution in [0.25, 0.3) is 10.9 Å². The fourth-order valence-electron chi connectivity index (χ4n) is 3.64. The van der Waals surface area contributed by atoms with Crippen molar-refractivity contribution in [2.45, 2.75) is 19.8 Å². The standard InChI is InChI=1S/C25H20F4N2/c1-15(18-7-5-16(6-8-18)11-17-3-2-4-20(26)12-17)30-10-9-19-14-31-22-13-21(27)24(28)25(29)23(19)22/h2-8,12-14,31H,9-11H2,1H3. The van der Waals surface area contributed by atoms with Crippen molar-refractivity contribution >= 4 is 16.6 Å². The average molecular weight is 424 g/mol. The first-order valence-corrected chi connectivity index (χ1v) is 9.90. The van der Waals surface area contributed by atoms with Crippen molar-refractivity contribution in [2.75, 3.05) is 6.54 Å². The van der Waals surface area contributed by atoms with Crippen molar-refractivity contribution in [3.8, 4) is 0 Å². The van der Waals surface area contributed by atoms with Gasteiger partial charge in [-0.05, 0) is 54.2 Å². The number of aromatic amines is 1. The summed E-state index contributed by atoms with van der Waals surface area (Å²) in [4.78, 5) is 7.31. The minimum Gasteiger partial charge on any atom is -0.361 e. The molecule has 0 bridgehead atoms. The molecular weight excluding hydrogens is 404 g/mol. The van der Waals surface area contributed by atoms with Gasteiger partial charge < -0.3 is 4.98 Å². The van der Waals surface area contributed by atoms with Gasteiger partial charge in [0.15, 0.2) is 17.5 Å². The van der Waals surface area contributed by atoms with E-state index in [2.05, 4.69) is 9.98 Å². The van der Waals surface area contributed by atoms with E-state index in [1.54, 1.807) is 12.3 Å². The number of halogens is 4. The van der Waals surface area contributed by atoms with Crippen LogP contribution in [0.1, 0.15) is 29.2 Å². The van der Waals surface area contributed by atoms with Crippen LogP contribution in [-0.4, -0.2) is 17.2 Å². The lowest BCUT2D eigenvalue weighted by molar-refractivity contribution is 0.453. The Bertz CT molecular complexity index is 1260. The SMILES string of the molecule is CC(=NCCc1c[nH]c2cc(F)c(F)c(F)c12)c1ccc(Cc2cccc(F)c2)cc1. The maximum atomic E-state index is 14.1. The third kappa shape index (κ3) is 4.53. The summed E-state index contributed by atoms with van der Waals surface area (Å²) < 4.78 is 54.4. The molecule has 2 nitrogen and oxygen atoms in total. The van der Waals surface area contributed by atoms with Gasteiger partial charge >= 0.3 is 0 Å². The van der Waals surface area contributed by atoms with Gasteiger partial charge in [0.25, 0.3) is 0 Å². The highest BCUT2D eigenvalue weighted by atomic mass is 19.2. The summed E-state index contributed by atoms with van der Waals surface area (Å²) >= 11 is 0. The first kappa shape index (κ1) is 20.8. The van der Waals surface area contributed by atoms with Gasteiger partial charge in [-0.2, -0.15) is 0 Å². The highest BCUT2D eigenvalue weighted by Gasteiger charge is 2.17. The van der Waals surface area contributed by atoms with Crippen LogP contribution < -0.4 is 0 Å². The van der Waals surface area contributed by atoms with E-state index >= 15 is 0 Å². The number of H-pyrrole nitrogens is 1. The number of hydrogen-bond donors (Lipinski definition) is 1. The van der Waals surface area contributed by atoms with Gasteiger partial charge in [0.2, 0.25) is 0 Å². The van der Waals surface area contributed by atoms with Crippen molar-refractivity contribution in [2.24, 2.45) is 4.99 Å². The van der Waals surface area contributed by atoms with Gasteiger partial charge in [0.1, 0.15) is 5.82 Å². The van der Waals surface area contributed by atoms with Crippen molar-refractivity contribution in [1.82, 2.24) is 4.98 Å². The zero-order valence-electron chi connectivity index (χ0n) is 16.9. The van der Waals surface area contributed by atoms with Crippen LogP contribution in [0.4, 0.5) is 17.6 Å². The Morgan fingerprint density at radius 1 is 0.903 bits per heavy atom. The lowest BCUT2D eigenvalue weighted by atomic mass is 10.0. The van der Waals surface area contributed by atoms with Gasteiger partial charge in [0, 0.05) is 29.9 Å². The highest BCUT2D eigenvalue weighted by molar-refractivity contribution is 5.98. The first-order valence-electron chi connectivity index (χ1n) is 9.90. The van der Waals surface area contributed by atoms with Crippen LogP contribution in [0, 0.1) is 23.3 Å². The van der Waals surface area contributed by atoms with Crippen molar-refractivity contribution in [3.63, 3.8) is 0 Å². The maximum Gasteiger partial charge on any atom is 0.195 e. The van der Waals surface area contributed by atoms with E-state index in [1.807, 2.05) is 37.3 Å². The predicted octanol–water partition coefficient (Wildman–Crippen LogP) is 6.37. The third-order valence-corrected chi connectivity index (χ3v) is 5.28. The van der Waals surface area contributed by atoms with E-state index in [1.165, 1.54) is 12.1 Å². The number of aliphatic imine (C=N–C) groups is 1. The lowest BCUT2D eigenvalue weighted by Gasteiger charge is -2.06. The normalized spacial score (nSPS) is 12.0. The van der Waals surface area contributed by atoms with Crippen LogP contribution in [-0.2, 0) is 12.8 Å². The number of rotatable bonds is 6. The Balaban J connectivity index is 1.43. The summed E-state index contributed by atoms with van der Waals surface area (Å²) in [5.74, 6) is -4.11. The second-order valence-electron chi connectivity index (χ2n) is 7.44. The molecule has 1 heterocycles. The summed E-state index contributed by atoms with van der Waals surface area (Å²) in [5.41, 5.74) is 4.50. The van der Waals surface area contributed by atoms with E-state index in [4.69, 9.17) is 0 Å². The van der Waals surface area contributed by atoms with Crippen molar-refractivity contribution < 1.29 is 17.6 Å². The Morgan fingerprint density at radius 3 is 2.42 bits per heavy atom. The maximum absolute atomic E-state index is 14.1. The fourth-order valence-corrected chi connectivity index (χ4v) is 3.64. The molecule has 0 saturated carbocycles. The number of hydrogen-bond acceptors (Lipinski definition) is 1. The largest absolute Gasteiger partial charge is 0.361 e. The van der Waals surface area contributed by atoms with Gasteiger partial charge in [-0.1, -0.05) is 36.4 Å². The average Bonchev–Trinajstić information content (AvgIpc) is 3.15. The molecule has 158 valence electrons. The molecular formula is C25H20F4N2. The molecule has 0 aliphatic heterocycles. The number of benzene rings is 3. The Kier molecular flexibility index (Phi) is 5.89. The molecule has 4 rings (SSSR count). The van der Waals surface area contributed by atoms with Crippen LogP contribution >= 0.6 is 0 Å². The lowest BCUT2D eigenvalue weighted by Crippen LogP contribution is -1.99. The molecule has 0 amide bonds. The number of aromatic nitrogens is 1. The van der Waals surface area contributed by atoms with Gasteiger partial charge in [0.05, 0.1) is 5.52 Å². The zero-order chi connectivity index (χ0) is 22.0. The molecule has 1 N–H and O–H groups in total. The minimum absolute atomic E-state index is 0.0634. The van der Waals surface area contributed by atoms with Crippen LogP contribution in [0.5, 0.6) is 0 Å². The molecule has 6 heteroatoms. The molecule has 0 fully saturated rings. The second kappa shape index (κ2) is 8.76. The quantitative estimate of drug-likeness (QED) is 0.212. The topological polar surface area (TPSA) is 28.1 Å². The molecule has 0 radical (unpaired) electrons. The van der Waals surface area contributed by atoms with Gasteiger partial charge in [-0.25, -0.2) is 17.6 Å². The molecule has 31 heavy (non-hydrogen) atoms. The van der Waals surface area contributed by atoms with Crippen molar-refractivity contribution in [1.29, 1.82) is 0 Å². The molecule has 0 unspecified atom stereocenters. The van der Waals surface area contributed by atoms with Crippen LogP contribution in [0.3, 0.4) is 0 Å². The number of nitrogens with one attached hydrogen (secondary N) is 1. The van der Waals surface area contributed by atoms with E-state index in [9.17, 15) is 17.6 Å². The van der Waals surface area contributed by atoms with Crippen LogP contribution in [0.15, 0.2) is 65.8 Å². The van der Waals surface area contributed by atoms with E-state index in [0.29, 0.717) is 24.9 Å². The number of fused-ring (bicyclic) bond motifs is 1. The van der Waals surface area contributed by atoms with Crippen molar-refractivity contribution in [3.05, 3.63) is 106 Å². The summed E-state index contributed by atoms with van der Waals surface area (Å²) in [5, 5.41) is 0.0634. The van der Waals surface area contributed by atoms with E-state index in [-0.39, 0.29) is 16.7 Å². The molecule has 0 spiro atoms. The molecule has 4 aromatic rings.